The summed E-state index contributed by atoms with van der Waals surface area (Å²) < 4.78 is 1.87. The summed E-state index contributed by atoms with van der Waals surface area (Å²) in [4.78, 5) is 17.3. The highest BCUT2D eigenvalue weighted by Crippen LogP contribution is 2.30. The number of nitrogens with one attached hydrogen (secondary N) is 1. The summed E-state index contributed by atoms with van der Waals surface area (Å²) in [5.41, 5.74) is 6.42. The molecule has 0 bridgehead atoms. The first-order valence-corrected chi connectivity index (χ1v) is 10.9. The maximum Gasteiger partial charge on any atom is 0.270 e. The topological polar surface area (TPSA) is 46.9 Å². The molecule has 1 aliphatic rings. The van der Waals surface area contributed by atoms with Gasteiger partial charge in [-0.1, -0.05) is 68.1 Å². The maximum atomic E-state index is 13.0. The first kappa shape index (κ1) is 20.4. The van der Waals surface area contributed by atoms with Crippen molar-refractivity contribution in [1.29, 1.82) is 0 Å². The Bertz CT molecular complexity index is 1010. The van der Waals surface area contributed by atoms with Crippen LogP contribution < -0.4 is 5.32 Å². The van der Waals surface area contributed by atoms with Gasteiger partial charge in [0.15, 0.2) is 0 Å². The second kappa shape index (κ2) is 8.47. The van der Waals surface area contributed by atoms with Crippen LogP contribution in [0.4, 0.5) is 0 Å². The highest BCUT2D eigenvalue weighted by Gasteiger charge is 2.29. The summed E-state index contributed by atoms with van der Waals surface area (Å²) in [6.07, 6.45) is 6.85. The van der Waals surface area contributed by atoms with Crippen molar-refractivity contribution in [3.63, 3.8) is 0 Å². The highest BCUT2D eigenvalue weighted by atomic mass is 16.2. The van der Waals surface area contributed by atoms with Crippen LogP contribution in [0.15, 0.2) is 55.0 Å². The van der Waals surface area contributed by atoms with E-state index >= 15 is 0 Å². The van der Waals surface area contributed by atoms with Crippen LogP contribution in [0.5, 0.6) is 0 Å². The predicted molar refractivity (Wildman–Crippen MR) is 122 cm³/mol. The van der Waals surface area contributed by atoms with Crippen LogP contribution in [0.25, 0.3) is 16.8 Å². The van der Waals surface area contributed by atoms with Crippen molar-refractivity contribution < 1.29 is 4.79 Å². The first-order chi connectivity index (χ1) is 14.4. The van der Waals surface area contributed by atoms with Crippen molar-refractivity contribution >= 4 is 5.91 Å². The molecule has 1 heterocycles. The van der Waals surface area contributed by atoms with E-state index in [-0.39, 0.29) is 11.9 Å². The lowest BCUT2D eigenvalue weighted by molar-refractivity contribution is 0.0884. The quantitative estimate of drug-likeness (QED) is 0.608. The molecule has 4 rings (SSSR count). The lowest BCUT2D eigenvalue weighted by atomic mass is 9.78. The second-order valence-electron chi connectivity index (χ2n) is 8.92. The Balaban J connectivity index is 1.54. The number of imidazole rings is 1. The number of aromatic nitrogens is 2. The molecule has 2 aromatic carbocycles. The number of aryl methyl sites for hydroxylation is 2. The predicted octanol–water partition coefficient (Wildman–Crippen LogP) is 5.71. The molecule has 0 saturated heterocycles. The fourth-order valence-electron chi connectivity index (χ4n) is 4.65. The van der Waals surface area contributed by atoms with E-state index in [1.807, 2.05) is 4.57 Å². The van der Waals surface area contributed by atoms with Gasteiger partial charge in [-0.2, -0.15) is 0 Å². The van der Waals surface area contributed by atoms with Crippen molar-refractivity contribution in [3.8, 4) is 16.8 Å². The van der Waals surface area contributed by atoms with Crippen LogP contribution in [-0.2, 0) is 0 Å². The molecule has 1 fully saturated rings. The van der Waals surface area contributed by atoms with Gasteiger partial charge in [-0.25, -0.2) is 4.98 Å². The third-order valence-electron chi connectivity index (χ3n) is 6.59. The Morgan fingerprint density at radius 2 is 1.70 bits per heavy atom. The molecule has 1 aliphatic carbocycles. The van der Waals surface area contributed by atoms with Gasteiger partial charge in [-0.15, -0.1) is 0 Å². The fraction of sp³-hybridized carbons (Fsp3) is 0.385. The Labute approximate surface area is 179 Å². The average molecular weight is 402 g/mol. The van der Waals surface area contributed by atoms with Crippen LogP contribution >= 0.6 is 0 Å². The Morgan fingerprint density at radius 3 is 2.40 bits per heavy atom. The van der Waals surface area contributed by atoms with Gasteiger partial charge in [0.1, 0.15) is 5.69 Å². The molecule has 0 radical (unpaired) electrons. The van der Waals surface area contributed by atoms with Gasteiger partial charge in [0.2, 0.25) is 0 Å². The average Bonchev–Trinajstić information content (AvgIpc) is 3.21. The first-order valence-electron chi connectivity index (χ1n) is 10.9. The summed E-state index contributed by atoms with van der Waals surface area (Å²) in [6.45, 7) is 8.77. The lowest BCUT2D eigenvalue weighted by Gasteiger charge is -2.34. The summed E-state index contributed by atoms with van der Waals surface area (Å²) in [6, 6.07) is 15.1. The molecule has 4 nitrogen and oxygen atoms in total. The van der Waals surface area contributed by atoms with E-state index in [2.05, 4.69) is 80.5 Å². The molecule has 3 unspecified atom stereocenters. The third-order valence-corrected chi connectivity index (χ3v) is 6.59. The Morgan fingerprint density at radius 1 is 1.00 bits per heavy atom. The van der Waals surface area contributed by atoms with E-state index in [4.69, 9.17) is 0 Å². The van der Waals surface area contributed by atoms with Gasteiger partial charge in [-0.3, -0.25) is 9.36 Å². The number of carbonyl (C=O) groups is 1. The van der Waals surface area contributed by atoms with Crippen LogP contribution in [-0.4, -0.2) is 21.5 Å². The van der Waals surface area contributed by atoms with Crippen molar-refractivity contribution in [2.45, 2.75) is 53.0 Å². The molecule has 3 atom stereocenters. The molecular weight excluding hydrogens is 370 g/mol. The standard InChI is InChI=1S/C26H31N3O/c1-17-12-18(2)14-22(13-17)21-8-10-23(11-9-21)29-16-27-15-25(29)26(30)28-24-7-5-6-19(3)20(24)4/h8-16,19-20,24H,5-7H2,1-4H3,(H,28,30). The zero-order valence-corrected chi connectivity index (χ0v) is 18.4. The van der Waals surface area contributed by atoms with Crippen LogP contribution in [0, 0.1) is 25.7 Å². The molecular formula is C26H31N3O. The van der Waals surface area contributed by atoms with Gasteiger partial charge in [0, 0.05) is 11.7 Å². The van der Waals surface area contributed by atoms with E-state index in [1.54, 1.807) is 12.5 Å². The Hall–Kier alpha value is -2.88. The number of rotatable bonds is 4. The van der Waals surface area contributed by atoms with Crippen LogP contribution in [0.3, 0.4) is 0 Å². The molecule has 0 spiro atoms. The molecule has 1 saturated carbocycles. The summed E-state index contributed by atoms with van der Waals surface area (Å²) in [5.74, 6) is 1.10. The van der Waals surface area contributed by atoms with E-state index in [0.29, 0.717) is 17.5 Å². The van der Waals surface area contributed by atoms with Gasteiger partial charge in [0.25, 0.3) is 5.91 Å². The zero-order chi connectivity index (χ0) is 21.3. The molecule has 1 aromatic heterocycles. The van der Waals surface area contributed by atoms with E-state index < -0.39 is 0 Å². The van der Waals surface area contributed by atoms with Gasteiger partial charge in [0.05, 0.1) is 12.5 Å². The zero-order valence-electron chi connectivity index (χ0n) is 18.4. The molecule has 3 aromatic rings. The van der Waals surface area contributed by atoms with Crippen LogP contribution in [0.1, 0.15) is 54.7 Å². The molecule has 4 heteroatoms. The summed E-state index contributed by atoms with van der Waals surface area (Å²) in [5, 5.41) is 3.26. The number of nitrogens with zero attached hydrogens (tertiary/aromatic N) is 2. The number of carbonyl (C=O) groups excluding carboxylic acids is 1. The SMILES string of the molecule is Cc1cc(C)cc(-c2ccc(-n3cncc3C(=O)NC3CCCC(C)C3C)cc2)c1. The normalized spacial score (nSPS) is 21.4. The molecule has 156 valence electrons. The van der Waals surface area contributed by atoms with Crippen molar-refractivity contribution in [1.82, 2.24) is 14.9 Å². The minimum absolute atomic E-state index is 0.0446. The summed E-state index contributed by atoms with van der Waals surface area (Å²) in [7, 11) is 0. The molecule has 1 amide bonds. The smallest absolute Gasteiger partial charge is 0.270 e. The largest absolute Gasteiger partial charge is 0.348 e. The number of hydrogen-bond acceptors (Lipinski definition) is 2. The van der Waals surface area contributed by atoms with E-state index in [9.17, 15) is 4.79 Å². The Kier molecular flexibility index (Phi) is 5.76. The third kappa shape index (κ3) is 4.18. The van der Waals surface area contributed by atoms with Crippen molar-refractivity contribution in [2.24, 2.45) is 11.8 Å². The second-order valence-corrected chi connectivity index (χ2v) is 8.92. The summed E-state index contributed by atoms with van der Waals surface area (Å²) >= 11 is 0. The van der Waals surface area contributed by atoms with Gasteiger partial charge < -0.3 is 5.32 Å². The van der Waals surface area contributed by atoms with Gasteiger partial charge in [-0.05, 0) is 55.4 Å². The number of hydrogen-bond donors (Lipinski definition) is 1. The minimum atomic E-state index is -0.0446. The minimum Gasteiger partial charge on any atom is -0.348 e. The molecule has 1 N–H and O–H groups in total. The number of benzene rings is 2. The van der Waals surface area contributed by atoms with E-state index in [0.717, 1.165) is 12.1 Å². The maximum absolute atomic E-state index is 13.0. The lowest BCUT2D eigenvalue weighted by Crippen LogP contribution is -2.44. The van der Waals surface area contributed by atoms with Crippen molar-refractivity contribution in [3.05, 3.63) is 71.8 Å². The highest BCUT2D eigenvalue weighted by molar-refractivity contribution is 5.93. The monoisotopic (exact) mass is 401 g/mol. The molecule has 30 heavy (non-hydrogen) atoms. The van der Waals surface area contributed by atoms with Crippen molar-refractivity contribution in [2.75, 3.05) is 0 Å². The fourth-order valence-corrected chi connectivity index (χ4v) is 4.65. The number of amides is 1. The molecule has 0 aliphatic heterocycles. The van der Waals surface area contributed by atoms with Gasteiger partial charge >= 0.3 is 0 Å². The van der Waals surface area contributed by atoms with E-state index in [1.165, 1.54) is 35.1 Å². The van der Waals surface area contributed by atoms with Crippen LogP contribution in [0.2, 0.25) is 0 Å².